The highest BCUT2D eigenvalue weighted by Crippen LogP contribution is 2.38. The van der Waals surface area contributed by atoms with Crippen LogP contribution in [0.4, 0.5) is 0 Å². The van der Waals surface area contributed by atoms with Gasteiger partial charge in [0.1, 0.15) is 24.7 Å². The SMILES string of the molecule is Cc1cc(Cl)c(OCCOc2ccc(C3=C(C(=O)N(Cc4ccccc4C)C4CC4)[C@H]4CN(C(=O)CCCC(N)=O)C[C@@H](C3)N4)cc2)cc1C. The fraction of sp³-hybridized carbons (Fsp3) is 0.425. The third-order valence-corrected chi connectivity index (χ3v) is 10.3. The first-order chi connectivity index (χ1) is 24.1. The number of ether oxygens (including phenoxy) is 2. The Labute approximate surface area is 299 Å². The molecule has 1 aliphatic carbocycles. The van der Waals surface area contributed by atoms with E-state index in [1.165, 1.54) is 0 Å². The molecule has 50 heavy (non-hydrogen) atoms. The lowest BCUT2D eigenvalue weighted by molar-refractivity contribution is -0.134. The van der Waals surface area contributed by atoms with Crippen molar-refractivity contribution in [3.8, 4) is 11.5 Å². The predicted molar refractivity (Wildman–Crippen MR) is 195 cm³/mol. The van der Waals surface area contributed by atoms with Crippen molar-refractivity contribution in [1.29, 1.82) is 0 Å². The number of nitrogens with two attached hydrogens (primary N) is 1. The number of benzene rings is 3. The van der Waals surface area contributed by atoms with Crippen LogP contribution in [0.2, 0.25) is 5.02 Å². The molecular formula is C40H47ClN4O5. The van der Waals surface area contributed by atoms with Crippen LogP contribution < -0.4 is 20.5 Å². The van der Waals surface area contributed by atoms with Crippen LogP contribution in [-0.2, 0) is 20.9 Å². The predicted octanol–water partition coefficient (Wildman–Crippen LogP) is 5.90. The van der Waals surface area contributed by atoms with Crippen molar-refractivity contribution < 1.29 is 23.9 Å². The first-order valence-corrected chi connectivity index (χ1v) is 18.0. The number of primary amides is 1. The highest BCUT2D eigenvalue weighted by molar-refractivity contribution is 6.32. The highest BCUT2D eigenvalue weighted by atomic mass is 35.5. The van der Waals surface area contributed by atoms with Crippen molar-refractivity contribution in [2.75, 3.05) is 26.3 Å². The van der Waals surface area contributed by atoms with Gasteiger partial charge in [-0.1, -0.05) is 48.0 Å². The molecule has 9 nitrogen and oxygen atoms in total. The van der Waals surface area contributed by atoms with E-state index in [9.17, 15) is 14.4 Å². The van der Waals surface area contributed by atoms with Gasteiger partial charge in [-0.25, -0.2) is 0 Å². The summed E-state index contributed by atoms with van der Waals surface area (Å²) in [6.45, 7) is 8.30. The van der Waals surface area contributed by atoms with Crippen LogP contribution in [0.25, 0.3) is 5.57 Å². The topological polar surface area (TPSA) is 114 Å². The van der Waals surface area contributed by atoms with E-state index in [1.54, 1.807) is 0 Å². The Hall–Kier alpha value is -4.34. The second-order valence-electron chi connectivity index (χ2n) is 13.8. The zero-order valence-corrected chi connectivity index (χ0v) is 29.9. The number of carbonyl (C=O) groups excluding carboxylic acids is 3. The maximum Gasteiger partial charge on any atom is 0.252 e. The summed E-state index contributed by atoms with van der Waals surface area (Å²) in [4.78, 5) is 43.2. The molecule has 2 atom stereocenters. The van der Waals surface area contributed by atoms with Crippen LogP contribution >= 0.6 is 11.6 Å². The van der Waals surface area contributed by atoms with Gasteiger partial charge in [0.25, 0.3) is 5.91 Å². The van der Waals surface area contributed by atoms with Crippen LogP contribution in [0, 0.1) is 20.8 Å². The van der Waals surface area contributed by atoms with E-state index in [1.807, 2.05) is 72.2 Å². The van der Waals surface area contributed by atoms with Crippen LogP contribution in [-0.4, -0.2) is 72.0 Å². The quantitative estimate of drug-likeness (QED) is 0.203. The van der Waals surface area contributed by atoms with Crippen molar-refractivity contribution >= 4 is 34.9 Å². The van der Waals surface area contributed by atoms with E-state index < -0.39 is 5.91 Å². The number of fused-ring (bicyclic) bond motifs is 2. The van der Waals surface area contributed by atoms with Crippen molar-refractivity contribution in [2.24, 2.45) is 5.73 Å². The largest absolute Gasteiger partial charge is 0.490 e. The zero-order chi connectivity index (χ0) is 35.4. The smallest absolute Gasteiger partial charge is 0.252 e. The van der Waals surface area contributed by atoms with Crippen molar-refractivity contribution in [2.45, 2.75) is 84.0 Å². The lowest BCUT2D eigenvalue weighted by atomic mass is 9.82. The number of halogens is 1. The molecular weight excluding hydrogens is 652 g/mol. The number of rotatable bonds is 14. The molecule has 0 unspecified atom stereocenters. The highest BCUT2D eigenvalue weighted by Gasteiger charge is 2.43. The molecule has 1 saturated heterocycles. The van der Waals surface area contributed by atoms with Crippen molar-refractivity contribution in [1.82, 2.24) is 15.1 Å². The molecule has 2 aliphatic heterocycles. The average Bonchev–Trinajstić information content (AvgIpc) is 3.93. The Morgan fingerprint density at radius 2 is 1.64 bits per heavy atom. The lowest BCUT2D eigenvalue weighted by Crippen LogP contribution is -2.62. The Morgan fingerprint density at radius 3 is 2.36 bits per heavy atom. The normalized spacial score (nSPS) is 18.5. The fourth-order valence-corrected chi connectivity index (χ4v) is 7.22. The van der Waals surface area contributed by atoms with Crippen LogP contribution in [0.1, 0.15) is 66.3 Å². The molecule has 3 aromatic carbocycles. The summed E-state index contributed by atoms with van der Waals surface area (Å²) < 4.78 is 11.9. The Balaban J connectivity index is 1.22. The molecule has 1 saturated carbocycles. The maximum absolute atomic E-state index is 14.7. The summed E-state index contributed by atoms with van der Waals surface area (Å²) >= 11 is 6.36. The summed E-state index contributed by atoms with van der Waals surface area (Å²) in [7, 11) is 0. The second-order valence-corrected chi connectivity index (χ2v) is 14.2. The Bertz CT molecular complexity index is 1770. The molecule has 10 heteroatoms. The molecule has 0 radical (unpaired) electrons. The summed E-state index contributed by atoms with van der Waals surface area (Å²) in [6.07, 6.45) is 3.44. The molecule has 264 valence electrons. The van der Waals surface area contributed by atoms with E-state index in [0.29, 0.717) is 62.2 Å². The number of amides is 3. The van der Waals surface area contributed by atoms with Gasteiger partial charge in [-0.3, -0.25) is 14.4 Å². The molecule has 6 rings (SSSR count). The summed E-state index contributed by atoms with van der Waals surface area (Å²) in [5.74, 6) is 0.951. The summed E-state index contributed by atoms with van der Waals surface area (Å²) in [6, 6.07) is 19.9. The zero-order valence-electron chi connectivity index (χ0n) is 29.2. The third kappa shape index (κ3) is 8.50. The first kappa shape index (κ1) is 35.5. The van der Waals surface area contributed by atoms with E-state index in [-0.39, 0.29) is 42.8 Å². The number of carbonyl (C=O) groups is 3. The van der Waals surface area contributed by atoms with Gasteiger partial charge in [-0.2, -0.15) is 0 Å². The number of nitrogens with zero attached hydrogens (tertiary/aromatic N) is 2. The molecule has 0 aromatic heterocycles. The minimum absolute atomic E-state index is 0.00329. The Kier molecular flexibility index (Phi) is 11.1. The van der Waals surface area contributed by atoms with Crippen LogP contribution in [0.5, 0.6) is 11.5 Å². The lowest BCUT2D eigenvalue weighted by Gasteiger charge is -2.45. The van der Waals surface area contributed by atoms with E-state index in [0.717, 1.165) is 51.8 Å². The average molecular weight is 699 g/mol. The van der Waals surface area contributed by atoms with Gasteiger partial charge >= 0.3 is 0 Å². The van der Waals surface area contributed by atoms with Gasteiger partial charge in [0.15, 0.2) is 0 Å². The van der Waals surface area contributed by atoms with Gasteiger partial charge in [0.05, 0.1) is 11.1 Å². The first-order valence-electron chi connectivity index (χ1n) is 17.6. The number of piperazine rings is 1. The van der Waals surface area contributed by atoms with Crippen molar-refractivity contribution in [3.63, 3.8) is 0 Å². The molecule has 3 N–H and O–H groups in total. The van der Waals surface area contributed by atoms with Gasteiger partial charge < -0.3 is 30.3 Å². The molecule has 0 spiro atoms. The summed E-state index contributed by atoms with van der Waals surface area (Å²) in [5, 5.41) is 4.26. The van der Waals surface area contributed by atoms with E-state index in [4.69, 9.17) is 26.8 Å². The number of hydrogen-bond acceptors (Lipinski definition) is 6. The minimum Gasteiger partial charge on any atom is -0.490 e. The van der Waals surface area contributed by atoms with Crippen LogP contribution in [0.15, 0.2) is 66.2 Å². The molecule has 2 heterocycles. The van der Waals surface area contributed by atoms with Gasteiger partial charge in [0.2, 0.25) is 11.8 Å². The molecule has 3 amide bonds. The standard InChI is InChI=1S/C40H47ClN4O5/c1-25-7-4-5-8-29(25)22-45(31-13-14-31)40(48)39-33(21-30-23-44(24-35(39)43-30)38(47)10-6-9-37(42)46)28-11-15-32(16-12-28)49-17-18-50-36-20-27(3)26(2)19-34(36)41/h4-5,7-8,11-12,15-16,19-20,30-31,35,43H,6,9-10,13-14,17-18,21-24H2,1-3H3,(H2,42,46)/t30-,35-/m1/s1. The molecule has 3 aliphatic rings. The molecule has 3 aromatic rings. The minimum atomic E-state index is -0.406. The second kappa shape index (κ2) is 15.7. The molecule has 2 fully saturated rings. The van der Waals surface area contributed by atoms with Crippen molar-refractivity contribution in [3.05, 3.63) is 99.1 Å². The number of hydrogen-bond donors (Lipinski definition) is 2. The Morgan fingerprint density at radius 1 is 0.920 bits per heavy atom. The van der Waals surface area contributed by atoms with Gasteiger partial charge in [-0.15, -0.1) is 0 Å². The summed E-state index contributed by atoms with van der Waals surface area (Å²) in [5.41, 5.74) is 12.6. The fourth-order valence-electron chi connectivity index (χ4n) is 6.95. The third-order valence-electron chi connectivity index (χ3n) is 10.0. The number of aryl methyl sites for hydroxylation is 3. The number of nitrogens with one attached hydrogen (secondary N) is 1. The van der Waals surface area contributed by atoms with Gasteiger partial charge in [0, 0.05) is 50.1 Å². The maximum atomic E-state index is 14.7. The van der Waals surface area contributed by atoms with Gasteiger partial charge in [-0.05, 0) is 104 Å². The van der Waals surface area contributed by atoms with Crippen LogP contribution in [0.3, 0.4) is 0 Å². The van der Waals surface area contributed by atoms with E-state index in [2.05, 4.69) is 24.4 Å². The monoisotopic (exact) mass is 698 g/mol. The molecule has 2 bridgehead atoms. The van der Waals surface area contributed by atoms with E-state index >= 15 is 0 Å².